The van der Waals surface area contributed by atoms with Gasteiger partial charge in [-0.25, -0.2) is 0 Å². The number of rotatable bonds is 2. The van der Waals surface area contributed by atoms with E-state index < -0.39 is 0 Å². The van der Waals surface area contributed by atoms with Gasteiger partial charge < -0.3 is 5.73 Å². The van der Waals surface area contributed by atoms with E-state index >= 15 is 0 Å². The first-order valence-corrected chi connectivity index (χ1v) is 3.88. The topological polar surface area (TPSA) is 38.9 Å². The van der Waals surface area contributed by atoms with Crippen molar-refractivity contribution in [3.8, 4) is 0 Å². The summed E-state index contributed by atoms with van der Waals surface area (Å²) in [5, 5.41) is 0. The molecule has 1 aromatic rings. The Morgan fingerprint density at radius 2 is 2.09 bits per heavy atom. The van der Waals surface area contributed by atoms with Crippen molar-refractivity contribution in [2.45, 2.75) is 25.8 Å². The lowest BCUT2D eigenvalue weighted by atomic mass is 10.0. The zero-order valence-electron chi connectivity index (χ0n) is 6.99. The summed E-state index contributed by atoms with van der Waals surface area (Å²) in [7, 11) is 0. The minimum atomic E-state index is 0.171. The number of aromatic nitrogens is 1. The average molecular weight is 150 g/mol. The molecule has 0 bridgehead atoms. The van der Waals surface area contributed by atoms with Gasteiger partial charge >= 0.3 is 0 Å². The first-order chi connectivity index (χ1) is 5.22. The summed E-state index contributed by atoms with van der Waals surface area (Å²) in [4.78, 5) is 4.22. The molecule has 2 nitrogen and oxygen atoms in total. The van der Waals surface area contributed by atoms with Crippen LogP contribution < -0.4 is 5.73 Å². The van der Waals surface area contributed by atoms with Crippen LogP contribution in [0.4, 0.5) is 0 Å². The van der Waals surface area contributed by atoms with Crippen molar-refractivity contribution in [1.82, 2.24) is 4.98 Å². The normalized spacial score (nSPS) is 15.9. The van der Waals surface area contributed by atoms with E-state index in [1.54, 1.807) is 6.20 Å². The minimum absolute atomic E-state index is 0.171. The molecule has 0 amide bonds. The Kier molecular flexibility index (Phi) is 2.60. The van der Waals surface area contributed by atoms with E-state index in [1.807, 2.05) is 25.1 Å². The predicted octanol–water partition coefficient (Wildman–Crippen LogP) is 1.53. The Bertz CT molecular complexity index is 206. The Balaban J connectivity index is 2.77. The van der Waals surface area contributed by atoms with Crippen molar-refractivity contribution in [2.24, 2.45) is 5.73 Å². The van der Waals surface area contributed by atoms with Gasteiger partial charge in [0.15, 0.2) is 0 Å². The molecule has 2 N–H and O–H groups in total. The third kappa shape index (κ3) is 2.02. The molecule has 0 radical (unpaired) electrons. The summed E-state index contributed by atoms with van der Waals surface area (Å²) in [6, 6.07) is 6.08. The molecular weight excluding hydrogens is 136 g/mol. The van der Waals surface area contributed by atoms with Gasteiger partial charge in [0.2, 0.25) is 0 Å². The molecule has 0 saturated heterocycles. The van der Waals surface area contributed by atoms with Crippen LogP contribution in [0.15, 0.2) is 24.4 Å². The van der Waals surface area contributed by atoms with E-state index in [9.17, 15) is 0 Å². The van der Waals surface area contributed by atoms with Crippen LogP contribution >= 0.6 is 0 Å². The minimum Gasteiger partial charge on any atom is -0.327 e. The number of nitrogens with two attached hydrogens (primary N) is 1. The molecule has 11 heavy (non-hydrogen) atoms. The standard InChI is InChI=1S/C9H14N2/c1-7(8(2)10)9-5-3-4-6-11-9/h3-8H,10H2,1-2H3/t7-,8?/m0/s1. The molecule has 1 unspecified atom stereocenters. The van der Waals surface area contributed by atoms with Crippen LogP contribution in [-0.2, 0) is 0 Å². The molecule has 1 heterocycles. The number of hydrogen-bond acceptors (Lipinski definition) is 2. The van der Waals surface area contributed by atoms with Crippen LogP contribution in [0.5, 0.6) is 0 Å². The van der Waals surface area contributed by atoms with Crippen LogP contribution in [0.1, 0.15) is 25.5 Å². The van der Waals surface area contributed by atoms with Gasteiger partial charge in [0.1, 0.15) is 0 Å². The van der Waals surface area contributed by atoms with E-state index in [0.29, 0.717) is 5.92 Å². The van der Waals surface area contributed by atoms with Crippen LogP contribution in [0.3, 0.4) is 0 Å². The van der Waals surface area contributed by atoms with Gasteiger partial charge in [-0.3, -0.25) is 4.98 Å². The van der Waals surface area contributed by atoms with Gasteiger partial charge in [-0.1, -0.05) is 13.0 Å². The monoisotopic (exact) mass is 150 g/mol. The second-order valence-electron chi connectivity index (χ2n) is 2.90. The highest BCUT2D eigenvalue weighted by Gasteiger charge is 2.09. The highest BCUT2D eigenvalue weighted by molar-refractivity contribution is 5.09. The highest BCUT2D eigenvalue weighted by Crippen LogP contribution is 2.13. The maximum absolute atomic E-state index is 5.73. The molecule has 2 heteroatoms. The lowest BCUT2D eigenvalue weighted by molar-refractivity contribution is 0.598. The predicted molar refractivity (Wildman–Crippen MR) is 46.3 cm³/mol. The van der Waals surface area contributed by atoms with Gasteiger partial charge in [-0.2, -0.15) is 0 Å². The van der Waals surface area contributed by atoms with E-state index in [-0.39, 0.29) is 6.04 Å². The quantitative estimate of drug-likeness (QED) is 0.694. The van der Waals surface area contributed by atoms with Crippen molar-refractivity contribution < 1.29 is 0 Å². The zero-order chi connectivity index (χ0) is 8.27. The summed E-state index contributed by atoms with van der Waals surface area (Å²) >= 11 is 0. The van der Waals surface area contributed by atoms with Gasteiger partial charge in [-0.15, -0.1) is 0 Å². The molecule has 60 valence electrons. The fraction of sp³-hybridized carbons (Fsp3) is 0.444. The molecule has 0 fully saturated rings. The van der Waals surface area contributed by atoms with Crippen LogP contribution in [0.25, 0.3) is 0 Å². The summed E-state index contributed by atoms with van der Waals surface area (Å²) in [5.41, 5.74) is 6.80. The molecular formula is C9H14N2. The van der Waals surface area contributed by atoms with E-state index in [0.717, 1.165) is 5.69 Å². The van der Waals surface area contributed by atoms with Crippen molar-refractivity contribution in [3.63, 3.8) is 0 Å². The van der Waals surface area contributed by atoms with Crippen molar-refractivity contribution in [3.05, 3.63) is 30.1 Å². The van der Waals surface area contributed by atoms with Gasteiger partial charge in [0.05, 0.1) is 0 Å². The first-order valence-electron chi connectivity index (χ1n) is 3.88. The zero-order valence-corrected chi connectivity index (χ0v) is 6.99. The Hall–Kier alpha value is -0.890. The van der Waals surface area contributed by atoms with Crippen molar-refractivity contribution >= 4 is 0 Å². The van der Waals surface area contributed by atoms with E-state index in [1.165, 1.54) is 0 Å². The van der Waals surface area contributed by atoms with Gasteiger partial charge in [-0.05, 0) is 19.1 Å². The van der Waals surface area contributed by atoms with Crippen LogP contribution in [0.2, 0.25) is 0 Å². The van der Waals surface area contributed by atoms with Gasteiger partial charge in [0.25, 0.3) is 0 Å². The third-order valence-electron chi connectivity index (χ3n) is 1.94. The molecule has 0 aliphatic heterocycles. The maximum atomic E-state index is 5.73. The smallest absolute Gasteiger partial charge is 0.0447 e. The summed E-state index contributed by atoms with van der Waals surface area (Å²) in [6.45, 7) is 4.09. The van der Waals surface area contributed by atoms with Crippen molar-refractivity contribution in [2.75, 3.05) is 0 Å². The number of hydrogen-bond donors (Lipinski definition) is 1. The van der Waals surface area contributed by atoms with Gasteiger partial charge in [0, 0.05) is 23.9 Å². The summed E-state index contributed by atoms with van der Waals surface area (Å²) in [5.74, 6) is 0.344. The third-order valence-corrected chi connectivity index (χ3v) is 1.94. The molecule has 0 aromatic carbocycles. The number of nitrogens with zero attached hydrogens (tertiary/aromatic N) is 1. The molecule has 0 aliphatic carbocycles. The Morgan fingerprint density at radius 1 is 1.36 bits per heavy atom. The molecule has 0 aliphatic rings. The lowest BCUT2D eigenvalue weighted by Gasteiger charge is -2.13. The molecule has 1 aromatic heterocycles. The fourth-order valence-electron chi connectivity index (χ4n) is 0.915. The average Bonchev–Trinajstić information content (AvgIpc) is 2.05. The fourth-order valence-corrected chi connectivity index (χ4v) is 0.915. The Morgan fingerprint density at radius 3 is 2.55 bits per heavy atom. The van der Waals surface area contributed by atoms with Crippen molar-refractivity contribution in [1.29, 1.82) is 0 Å². The van der Waals surface area contributed by atoms with E-state index in [2.05, 4.69) is 11.9 Å². The van der Waals surface area contributed by atoms with Crippen LogP contribution in [0, 0.1) is 0 Å². The number of pyridine rings is 1. The lowest BCUT2D eigenvalue weighted by Crippen LogP contribution is -2.22. The Labute approximate surface area is 67.5 Å². The SMILES string of the molecule is CC(N)[C@H](C)c1ccccn1. The van der Waals surface area contributed by atoms with E-state index in [4.69, 9.17) is 5.73 Å². The van der Waals surface area contributed by atoms with Crippen LogP contribution in [-0.4, -0.2) is 11.0 Å². The first kappa shape index (κ1) is 8.21. The summed E-state index contributed by atoms with van der Waals surface area (Å²) < 4.78 is 0. The highest BCUT2D eigenvalue weighted by atomic mass is 14.7. The second-order valence-corrected chi connectivity index (χ2v) is 2.90. The molecule has 0 spiro atoms. The molecule has 1 rings (SSSR count). The largest absolute Gasteiger partial charge is 0.327 e. The molecule has 2 atom stereocenters. The maximum Gasteiger partial charge on any atom is 0.0447 e. The summed E-state index contributed by atoms with van der Waals surface area (Å²) in [6.07, 6.45) is 1.80. The second kappa shape index (κ2) is 3.49. The molecule has 0 saturated carbocycles.